The van der Waals surface area contributed by atoms with Gasteiger partial charge in [-0.25, -0.2) is 13.4 Å². The molecular formula is C14H17NO3S2. The van der Waals surface area contributed by atoms with Crippen molar-refractivity contribution in [2.75, 3.05) is 6.26 Å². The van der Waals surface area contributed by atoms with Gasteiger partial charge in [0.2, 0.25) is 0 Å². The summed E-state index contributed by atoms with van der Waals surface area (Å²) in [5, 5.41) is 10.9. The lowest BCUT2D eigenvalue weighted by Crippen LogP contribution is -2.44. The number of para-hydroxylation sites is 1. The predicted molar refractivity (Wildman–Crippen MR) is 80.8 cm³/mol. The van der Waals surface area contributed by atoms with E-state index in [4.69, 9.17) is 0 Å². The van der Waals surface area contributed by atoms with Gasteiger partial charge in [0.1, 0.15) is 0 Å². The third kappa shape index (κ3) is 2.47. The van der Waals surface area contributed by atoms with Gasteiger partial charge in [0.15, 0.2) is 9.84 Å². The summed E-state index contributed by atoms with van der Waals surface area (Å²) in [6.07, 6.45) is 3.36. The summed E-state index contributed by atoms with van der Waals surface area (Å²) in [5.41, 5.74) is -0.258. The minimum absolute atomic E-state index is 0.323. The molecule has 2 atom stereocenters. The van der Waals surface area contributed by atoms with Crippen LogP contribution in [0.1, 0.15) is 24.3 Å². The summed E-state index contributed by atoms with van der Waals surface area (Å²) in [7, 11) is -3.23. The Morgan fingerprint density at radius 3 is 2.90 bits per heavy atom. The van der Waals surface area contributed by atoms with Gasteiger partial charge in [0.05, 0.1) is 26.1 Å². The first-order chi connectivity index (χ1) is 9.38. The zero-order valence-corrected chi connectivity index (χ0v) is 12.9. The normalized spacial score (nSPS) is 27.2. The van der Waals surface area contributed by atoms with E-state index in [-0.39, 0.29) is 0 Å². The number of hydrogen-bond donors (Lipinski definition) is 1. The molecule has 1 saturated carbocycles. The highest BCUT2D eigenvalue weighted by atomic mass is 32.2. The number of sulfone groups is 1. The largest absolute Gasteiger partial charge is 0.388 e. The van der Waals surface area contributed by atoms with Crippen molar-refractivity contribution in [2.24, 2.45) is 0 Å². The molecular weight excluding hydrogens is 294 g/mol. The number of hydrogen-bond acceptors (Lipinski definition) is 5. The number of aromatic nitrogens is 1. The SMILES string of the molecule is CS(=O)(=O)C1CCCC1(O)Cc1nc2ccccc2s1. The van der Waals surface area contributed by atoms with Gasteiger partial charge in [-0.3, -0.25) is 0 Å². The Balaban J connectivity index is 1.93. The number of aliphatic hydroxyl groups is 1. The predicted octanol–water partition coefficient (Wildman–Crippen LogP) is 2.17. The molecule has 20 heavy (non-hydrogen) atoms. The Morgan fingerprint density at radius 1 is 1.45 bits per heavy atom. The zero-order valence-electron chi connectivity index (χ0n) is 11.2. The number of benzene rings is 1. The molecule has 1 aliphatic carbocycles. The molecule has 1 aromatic heterocycles. The van der Waals surface area contributed by atoms with Crippen LogP contribution in [0.2, 0.25) is 0 Å². The second-order valence-corrected chi connectivity index (χ2v) is 8.91. The van der Waals surface area contributed by atoms with Crippen molar-refractivity contribution < 1.29 is 13.5 Å². The Hall–Kier alpha value is -0.980. The third-order valence-corrected chi connectivity index (χ3v) is 6.73. The van der Waals surface area contributed by atoms with E-state index in [2.05, 4.69) is 4.98 Å². The van der Waals surface area contributed by atoms with Gasteiger partial charge in [0, 0.05) is 12.7 Å². The summed E-state index contributed by atoms with van der Waals surface area (Å²) in [6.45, 7) is 0. The molecule has 1 fully saturated rings. The lowest BCUT2D eigenvalue weighted by molar-refractivity contribution is 0.0513. The molecule has 2 unspecified atom stereocenters. The van der Waals surface area contributed by atoms with E-state index in [0.29, 0.717) is 19.3 Å². The van der Waals surface area contributed by atoms with Crippen LogP contribution in [-0.4, -0.2) is 35.6 Å². The number of rotatable bonds is 3. The summed E-state index contributed by atoms with van der Waals surface area (Å²) in [5.74, 6) is 0. The average molecular weight is 311 g/mol. The van der Waals surface area contributed by atoms with Gasteiger partial charge in [-0.1, -0.05) is 12.1 Å². The van der Waals surface area contributed by atoms with Gasteiger partial charge in [-0.05, 0) is 31.4 Å². The first-order valence-electron chi connectivity index (χ1n) is 6.64. The molecule has 4 nitrogen and oxygen atoms in total. The van der Waals surface area contributed by atoms with Crippen LogP contribution in [0, 0.1) is 0 Å². The van der Waals surface area contributed by atoms with E-state index < -0.39 is 20.7 Å². The minimum Gasteiger partial charge on any atom is -0.388 e. The van der Waals surface area contributed by atoms with Crippen LogP contribution in [-0.2, 0) is 16.3 Å². The monoisotopic (exact) mass is 311 g/mol. The maximum atomic E-state index is 11.8. The fourth-order valence-electron chi connectivity index (χ4n) is 3.10. The van der Waals surface area contributed by atoms with Crippen molar-refractivity contribution in [3.05, 3.63) is 29.3 Å². The smallest absolute Gasteiger partial charge is 0.153 e. The Kier molecular flexibility index (Phi) is 3.35. The molecule has 0 bridgehead atoms. The molecule has 1 aliphatic rings. The summed E-state index contributed by atoms with van der Waals surface area (Å²) in [6, 6.07) is 7.80. The van der Waals surface area contributed by atoms with E-state index in [1.165, 1.54) is 17.6 Å². The van der Waals surface area contributed by atoms with Crippen LogP contribution in [0.15, 0.2) is 24.3 Å². The second-order valence-electron chi connectivity index (χ2n) is 5.57. The highest BCUT2D eigenvalue weighted by Crippen LogP contribution is 2.38. The fraction of sp³-hybridized carbons (Fsp3) is 0.500. The molecule has 1 aromatic carbocycles. The van der Waals surface area contributed by atoms with Gasteiger partial charge >= 0.3 is 0 Å². The Bertz CT molecular complexity index is 705. The van der Waals surface area contributed by atoms with Crippen LogP contribution in [0.25, 0.3) is 10.2 Å². The Labute approximate surface area is 122 Å². The van der Waals surface area contributed by atoms with Crippen molar-refractivity contribution in [1.82, 2.24) is 4.98 Å². The van der Waals surface area contributed by atoms with Crippen molar-refractivity contribution in [3.63, 3.8) is 0 Å². The number of nitrogens with zero attached hydrogens (tertiary/aromatic N) is 1. The van der Waals surface area contributed by atoms with E-state index in [9.17, 15) is 13.5 Å². The van der Waals surface area contributed by atoms with Gasteiger partial charge in [-0.15, -0.1) is 11.3 Å². The van der Waals surface area contributed by atoms with Gasteiger partial charge in [0.25, 0.3) is 0 Å². The van der Waals surface area contributed by atoms with Gasteiger partial charge < -0.3 is 5.11 Å². The van der Waals surface area contributed by atoms with Crippen LogP contribution in [0.3, 0.4) is 0 Å². The van der Waals surface area contributed by atoms with Crippen LogP contribution in [0.4, 0.5) is 0 Å². The molecule has 0 saturated heterocycles. The van der Waals surface area contributed by atoms with Crippen molar-refractivity contribution in [2.45, 2.75) is 36.5 Å². The highest BCUT2D eigenvalue weighted by Gasteiger charge is 2.47. The van der Waals surface area contributed by atoms with Crippen LogP contribution < -0.4 is 0 Å². The first kappa shape index (κ1) is 14.0. The lowest BCUT2D eigenvalue weighted by Gasteiger charge is -2.27. The molecule has 0 amide bonds. The number of thiazole rings is 1. The summed E-state index contributed by atoms with van der Waals surface area (Å²) in [4.78, 5) is 4.50. The minimum atomic E-state index is -3.23. The molecule has 0 aliphatic heterocycles. The second kappa shape index (κ2) is 4.79. The first-order valence-corrected chi connectivity index (χ1v) is 9.41. The average Bonchev–Trinajstić information content (AvgIpc) is 2.91. The Morgan fingerprint density at radius 2 is 2.20 bits per heavy atom. The maximum absolute atomic E-state index is 11.8. The maximum Gasteiger partial charge on any atom is 0.153 e. The standard InChI is InChI=1S/C14H17NO3S2/c1-20(17,18)12-7-4-8-14(12,16)9-13-15-10-5-2-3-6-11(10)19-13/h2-3,5-6,12,16H,4,7-9H2,1H3. The van der Waals surface area contributed by atoms with Crippen molar-refractivity contribution >= 4 is 31.4 Å². The highest BCUT2D eigenvalue weighted by molar-refractivity contribution is 7.91. The van der Waals surface area contributed by atoms with Crippen LogP contribution in [0.5, 0.6) is 0 Å². The van der Waals surface area contributed by atoms with E-state index in [1.54, 1.807) is 0 Å². The van der Waals surface area contributed by atoms with E-state index >= 15 is 0 Å². The fourth-order valence-corrected chi connectivity index (χ4v) is 5.77. The van der Waals surface area contributed by atoms with Crippen molar-refractivity contribution in [3.8, 4) is 0 Å². The lowest BCUT2D eigenvalue weighted by atomic mass is 9.98. The van der Waals surface area contributed by atoms with Crippen LogP contribution >= 0.6 is 11.3 Å². The van der Waals surface area contributed by atoms with E-state index in [1.807, 2.05) is 24.3 Å². The molecule has 1 heterocycles. The molecule has 1 N–H and O–H groups in total. The molecule has 0 radical (unpaired) electrons. The third-order valence-electron chi connectivity index (χ3n) is 3.99. The number of fused-ring (bicyclic) bond motifs is 1. The molecule has 108 valence electrons. The quantitative estimate of drug-likeness (QED) is 0.943. The summed E-state index contributed by atoms with van der Waals surface area (Å²) >= 11 is 1.53. The van der Waals surface area contributed by atoms with E-state index in [0.717, 1.165) is 21.6 Å². The molecule has 6 heteroatoms. The summed E-state index contributed by atoms with van der Waals surface area (Å²) < 4.78 is 24.7. The topological polar surface area (TPSA) is 67.3 Å². The van der Waals surface area contributed by atoms with Gasteiger partial charge in [-0.2, -0.15) is 0 Å². The van der Waals surface area contributed by atoms with Crippen molar-refractivity contribution in [1.29, 1.82) is 0 Å². The molecule has 2 aromatic rings. The molecule has 0 spiro atoms. The molecule has 3 rings (SSSR count). The zero-order chi connectivity index (χ0) is 14.4.